The molecule has 0 spiro atoms. The first kappa shape index (κ1) is 24.7. The molecule has 1 amide bonds. The molecule has 2 fully saturated rings. The van der Waals surface area contributed by atoms with Gasteiger partial charge < -0.3 is 5.32 Å². The minimum Gasteiger partial charge on any atom is -0.367 e. The molecule has 3 aromatic rings. The fourth-order valence-electron chi connectivity index (χ4n) is 4.98. The third-order valence-electron chi connectivity index (χ3n) is 7.21. The topological polar surface area (TPSA) is 66.7 Å². The summed E-state index contributed by atoms with van der Waals surface area (Å²) in [5, 5.41) is 3.55. The maximum Gasteiger partial charge on any atom is 0.267 e. The molecule has 1 saturated carbocycles. The number of nitrogens with zero attached hydrogens (tertiary/aromatic N) is 3. The lowest BCUT2D eigenvalue weighted by atomic mass is 9.87. The van der Waals surface area contributed by atoms with Gasteiger partial charge in [0.15, 0.2) is 0 Å². The van der Waals surface area contributed by atoms with E-state index in [-0.39, 0.29) is 23.6 Å². The lowest BCUT2D eigenvalue weighted by Gasteiger charge is -2.28. The minimum absolute atomic E-state index is 0.187. The number of thioether (sulfide) groups is 1. The Bertz CT molecular complexity index is 1410. The maximum atomic E-state index is 13.7. The second kappa shape index (κ2) is 10.2. The van der Waals surface area contributed by atoms with E-state index in [0.29, 0.717) is 32.2 Å². The fourth-order valence-corrected chi connectivity index (χ4v) is 6.38. The molecular formula is C28H30N4O2S2. The maximum absolute atomic E-state index is 13.7. The molecule has 1 aliphatic carbocycles. The second-order valence-corrected chi connectivity index (χ2v) is 11.5. The summed E-state index contributed by atoms with van der Waals surface area (Å²) in [6.45, 7) is 6.20. The van der Waals surface area contributed by atoms with Gasteiger partial charge in [-0.25, -0.2) is 4.98 Å². The number of hydrogen-bond acceptors (Lipinski definition) is 6. The Hall–Kier alpha value is -2.97. The Morgan fingerprint density at radius 2 is 1.83 bits per heavy atom. The van der Waals surface area contributed by atoms with Crippen molar-refractivity contribution in [2.24, 2.45) is 5.92 Å². The van der Waals surface area contributed by atoms with Crippen LogP contribution in [-0.4, -0.2) is 30.6 Å². The fraction of sp³-hybridized carbons (Fsp3) is 0.357. The van der Waals surface area contributed by atoms with Crippen LogP contribution < -0.4 is 10.9 Å². The number of benzene rings is 1. The van der Waals surface area contributed by atoms with Crippen molar-refractivity contribution < 1.29 is 4.79 Å². The summed E-state index contributed by atoms with van der Waals surface area (Å²) in [5.41, 5.74) is 2.74. The number of thiocarbonyl (C=S) groups is 1. The molecule has 1 saturated heterocycles. The SMILES string of the molecule is Cc1cccn2c(=O)c(/C=C3/SC(=S)N(C(C)c4ccccc4)C3=O)c(NC3CCC(C)CC3)nc12. The van der Waals surface area contributed by atoms with Gasteiger partial charge in [0.2, 0.25) is 0 Å². The molecule has 0 radical (unpaired) electrons. The molecule has 8 heteroatoms. The van der Waals surface area contributed by atoms with Gasteiger partial charge in [0.25, 0.3) is 11.5 Å². The highest BCUT2D eigenvalue weighted by atomic mass is 32.2. The van der Waals surface area contributed by atoms with Crippen molar-refractivity contribution in [1.29, 1.82) is 0 Å². The first-order chi connectivity index (χ1) is 17.3. The molecule has 1 aromatic carbocycles. The van der Waals surface area contributed by atoms with Gasteiger partial charge in [-0.1, -0.05) is 67.3 Å². The monoisotopic (exact) mass is 518 g/mol. The zero-order chi connectivity index (χ0) is 25.4. The standard InChI is InChI=1S/C28H30N4O2S2/c1-17-11-13-21(14-12-17)29-24-22(26(33)31-15-7-8-18(2)25(31)30-24)16-23-27(34)32(28(35)36-23)19(3)20-9-5-4-6-10-20/h4-10,15-17,19,21,29H,11-14H2,1-3H3/b23-16+. The predicted octanol–water partition coefficient (Wildman–Crippen LogP) is 5.96. The Kier molecular flexibility index (Phi) is 6.99. The number of aryl methyl sites for hydroxylation is 1. The average molecular weight is 519 g/mol. The minimum atomic E-state index is -0.204. The van der Waals surface area contributed by atoms with Crippen LogP contribution in [0.3, 0.4) is 0 Å². The molecule has 6 nitrogen and oxygen atoms in total. The number of carbonyl (C=O) groups excluding carboxylic acids is 1. The number of anilines is 1. The highest BCUT2D eigenvalue weighted by molar-refractivity contribution is 8.26. The van der Waals surface area contributed by atoms with Crippen molar-refractivity contribution in [2.75, 3.05) is 5.32 Å². The quantitative estimate of drug-likeness (QED) is 0.332. The zero-order valence-electron chi connectivity index (χ0n) is 20.7. The lowest BCUT2D eigenvalue weighted by Crippen LogP contribution is -2.31. The third-order valence-corrected chi connectivity index (χ3v) is 8.54. The van der Waals surface area contributed by atoms with E-state index in [9.17, 15) is 9.59 Å². The molecule has 1 atom stereocenters. The number of carbonyl (C=O) groups is 1. The molecule has 1 unspecified atom stereocenters. The predicted molar refractivity (Wildman–Crippen MR) is 151 cm³/mol. The van der Waals surface area contributed by atoms with Crippen LogP contribution in [-0.2, 0) is 4.79 Å². The van der Waals surface area contributed by atoms with Gasteiger partial charge in [-0.2, -0.15) is 0 Å². The van der Waals surface area contributed by atoms with Crippen LogP contribution in [0.4, 0.5) is 5.82 Å². The zero-order valence-corrected chi connectivity index (χ0v) is 22.4. The molecule has 0 bridgehead atoms. The largest absolute Gasteiger partial charge is 0.367 e. The summed E-state index contributed by atoms with van der Waals surface area (Å²) >= 11 is 6.84. The Morgan fingerprint density at radius 3 is 2.56 bits per heavy atom. The highest BCUT2D eigenvalue weighted by Gasteiger charge is 2.36. The van der Waals surface area contributed by atoms with Crippen molar-refractivity contribution in [3.8, 4) is 0 Å². The van der Waals surface area contributed by atoms with Crippen molar-refractivity contribution in [1.82, 2.24) is 14.3 Å². The van der Waals surface area contributed by atoms with Crippen LogP contribution in [0.1, 0.15) is 62.3 Å². The summed E-state index contributed by atoms with van der Waals surface area (Å²) in [7, 11) is 0. The first-order valence-electron chi connectivity index (χ1n) is 12.4. The van der Waals surface area contributed by atoms with E-state index in [1.807, 2.05) is 56.3 Å². The average Bonchev–Trinajstić information content (AvgIpc) is 3.16. The van der Waals surface area contributed by atoms with E-state index in [1.165, 1.54) is 11.8 Å². The first-order valence-corrected chi connectivity index (χ1v) is 13.7. The number of pyridine rings is 1. The number of hydrogen-bond donors (Lipinski definition) is 1. The summed E-state index contributed by atoms with van der Waals surface area (Å²) in [6.07, 6.45) is 7.76. The van der Waals surface area contributed by atoms with Crippen LogP contribution >= 0.6 is 24.0 Å². The van der Waals surface area contributed by atoms with Gasteiger partial charge in [0.1, 0.15) is 15.8 Å². The number of rotatable bonds is 5. The van der Waals surface area contributed by atoms with Crippen LogP contribution in [0.2, 0.25) is 0 Å². The molecule has 36 heavy (non-hydrogen) atoms. The van der Waals surface area contributed by atoms with Gasteiger partial charge in [-0.05, 0) is 68.7 Å². The molecule has 3 heterocycles. The Balaban J connectivity index is 1.55. The van der Waals surface area contributed by atoms with Crippen molar-refractivity contribution in [3.05, 3.63) is 80.6 Å². The van der Waals surface area contributed by atoms with E-state index in [4.69, 9.17) is 17.2 Å². The summed E-state index contributed by atoms with van der Waals surface area (Å²) in [6, 6.07) is 13.7. The van der Waals surface area contributed by atoms with Crippen molar-refractivity contribution in [2.45, 2.75) is 58.5 Å². The van der Waals surface area contributed by atoms with Crippen LogP contribution in [0.15, 0.2) is 58.4 Å². The molecule has 5 rings (SSSR count). The van der Waals surface area contributed by atoms with E-state index < -0.39 is 0 Å². The van der Waals surface area contributed by atoms with Crippen LogP contribution in [0, 0.1) is 12.8 Å². The summed E-state index contributed by atoms with van der Waals surface area (Å²) in [5.74, 6) is 1.07. The van der Waals surface area contributed by atoms with Crippen molar-refractivity contribution >= 4 is 51.7 Å². The van der Waals surface area contributed by atoms with E-state index in [0.717, 1.165) is 36.8 Å². The van der Waals surface area contributed by atoms with Gasteiger partial charge in [-0.3, -0.25) is 18.9 Å². The highest BCUT2D eigenvalue weighted by Crippen LogP contribution is 2.38. The van der Waals surface area contributed by atoms with Crippen LogP contribution in [0.25, 0.3) is 11.7 Å². The number of nitrogens with one attached hydrogen (secondary N) is 1. The van der Waals surface area contributed by atoms with Gasteiger partial charge in [0.05, 0.1) is 16.5 Å². The molecule has 2 aromatic heterocycles. The number of amides is 1. The molecule has 1 aliphatic heterocycles. The normalized spacial score (nSPS) is 22.4. The smallest absolute Gasteiger partial charge is 0.267 e. The molecule has 2 aliphatic rings. The number of aromatic nitrogens is 2. The Morgan fingerprint density at radius 1 is 1.11 bits per heavy atom. The Labute approximate surface area is 220 Å². The number of fused-ring (bicyclic) bond motifs is 1. The second-order valence-electron chi connectivity index (χ2n) is 9.80. The van der Waals surface area contributed by atoms with E-state index >= 15 is 0 Å². The van der Waals surface area contributed by atoms with E-state index in [1.54, 1.807) is 21.6 Å². The van der Waals surface area contributed by atoms with Gasteiger partial charge >= 0.3 is 0 Å². The van der Waals surface area contributed by atoms with Gasteiger partial charge in [0, 0.05) is 12.2 Å². The summed E-state index contributed by atoms with van der Waals surface area (Å²) < 4.78 is 2.05. The van der Waals surface area contributed by atoms with E-state index in [2.05, 4.69) is 12.2 Å². The van der Waals surface area contributed by atoms with Crippen molar-refractivity contribution in [3.63, 3.8) is 0 Å². The molecule has 1 N–H and O–H groups in total. The third kappa shape index (κ3) is 4.72. The molecule has 186 valence electrons. The summed E-state index contributed by atoms with van der Waals surface area (Å²) in [4.78, 5) is 34.1. The lowest BCUT2D eigenvalue weighted by molar-refractivity contribution is -0.123. The molecular weight excluding hydrogens is 488 g/mol. The van der Waals surface area contributed by atoms with Gasteiger partial charge in [-0.15, -0.1) is 0 Å². The van der Waals surface area contributed by atoms with Crippen LogP contribution in [0.5, 0.6) is 0 Å².